The zero-order chi connectivity index (χ0) is 104. The van der Waals surface area contributed by atoms with Crippen LogP contribution in [0.4, 0.5) is 57.5 Å². The van der Waals surface area contributed by atoms with Crippen molar-refractivity contribution in [2.75, 3.05) is 98.8 Å². The first-order chi connectivity index (χ1) is 72.2. The fraction of sp³-hybridized carbons (Fsp3) is 0.231. The quantitative estimate of drug-likeness (QED) is 0.0121. The van der Waals surface area contributed by atoms with E-state index in [1.807, 2.05) is 274 Å². The summed E-state index contributed by atoms with van der Waals surface area (Å²) in [5.41, 5.74) is 31.9. The number of ketones is 4. The molecule has 16 N–H and O–H groups in total. The molecule has 762 valence electrons. The summed E-state index contributed by atoms with van der Waals surface area (Å²) in [7, 11) is 9.92. The lowest BCUT2D eigenvalue weighted by molar-refractivity contribution is -0.671. The number of nitrogens with two attached hydrogens (primary N) is 3. The second-order valence-electron chi connectivity index (χ2n) is 35.2. The molecule has 0 spiro atoms. The number of carbonyl (C=O) groups is 4. The number of allylic oxidation sites excluding steroid dienone is 13. The maximum absolute atomic E-state index is 12.6. The van der Waals surface area contributed by atoms with Crippen molar-refractivity contribution in [2.24, 2.45) is 77.4 Å². The highest BCUT2D eigenvalue weighted by Gasteiger charge is 2.29. The van der Waals surface area contributed by atoms with Crippen LogP contribution < -0.4 is 77.3 Å². The summed E-state index contributed by atoms with van der Waals surface area (Å²) in [5, 5.41) is 72.7. The van der Waals surface area contributed by atoms with Crippen LogP contribution in [0.1, 0.15) is 20.8 Å². The average Bonchev–Trinajstić information content (AvgIpc) is 1.65. The van der Waals surface area contributed by atoms with Crippen LogP contribution in [0.15, 0.2) is 357 Å². The zero-order valence-electron chi connectivity index (χ0n) is 83.4. The van der Waals surface area contributed by atoms with Crippen LogP contribution in [-0.2, 0) is 96.6 Å². The summed E-state index contributed by atoms with van der Waals surface area (Å²) in [6, 6.07) is 28.9. The first-order valence-corrected chi connectivity index (χ1v) is 48.4. The molecule has 0 bridgehead atoms. The number of anilines is 5. The third-order valence-corrected chi connectivity index (χ3v) is 24.2. The van der Waals surface area contributed by atoms with Gasteiger partial charge in [-0.1, -0.05) is 41.9 Å². The van der Waals surface area contributed by atoms with Crippen molar-refractivity contribution in [3.8, 4) is 0 Å². The van der Waals surface area contributed by atoms with Gasteiger partial charge in [-0.05, 0) is 117 Å². The maximum atomic E-state index is 12.6. The van der Waals surface area contributed by atoms with E-state index in [4.69, 9.17) is 68.8 Å². The highest BCUT2D eigenvalue weighted by Crippen LogP contribution is 2.38. The standard InChI is InChI=1S/C22H25N7O2.C21H25N8O2.C21H21N7O2.C20H20ClN7O.C20H21N7O/c1-16-13-18(17(14-20(16)31)23-7-12-30)25-21-19-5-3-4-8-29(19)26-22(21)24-6-9-28-11-10-27(2)15-28;1-27-8-9-28(14-27)7-5-24-21-20(18-4-2-3-6-29(18)26-21)25-17-13-19(31-11-10-30)16(23)12-15(17)22;1-26-9-10-27(14-26)8-5-23-21-20(17-4-2-3-7-28(17)25-21)24-15-13-19-16(12-18(15)29)22-6-11-30-19;1-13-11-14(17(22)16(21)19(13)29)24-18-15-5-3-4-7-28(15)25-20(18)23-6-8-27-10-9-26(2)12-27;1-14-11-16(15(21)12-18(14)28)23-19-17-5-3-4-7-27(17)24-20(19)22-6-8-26-10-9-25(2)13-26/h3-5,8,10-11,13-15,30H,6-7,9,12H2,1-2H3,(H-,23,24,26,31);2-4,6,8-9,12-14,22,30H,5,7,10-11,23H2,1H3,(H,24,26);2-4,7,9-10,12-14H,5-6,8,11H2,1H3,(H-,22,23,25,29);3-5,7,9-12H,6,8H2,1-2H3,(H2-,22,23,25,29);3-5,7,9-13H,6,8H2,1-2H3,(H2-,21,22,24,28)/q;+1;;;/p+4. The molecule has 0 aromatic carbocycles. The summed E-state index contributed by atoms with van der Waals surface area (Å²) in [6.07, 6.45) is 53.8. The molecule has 21 rings (SSSR count). The van der Waals surface area contributed by atoms with Crippen molar-refractivity contribution >= 4 is 154 Å². The number of aryl methyl sites for hydroxylation is 5. The Labute approximate surface area is 859 Å². The van der Waals surface area contributed by atoms with E-state index in [1.54, 1.807) is 73.7 Å². The third kappa shape index (κ3) is 24.9. The zero-order valence-corrected chi connectivity index (χ0v) is 84.1. The Bertz CT molecular complexity index is 8140. The number of morpholine rings is 1. The molecule has 1 aliphatic heterocycles. The fourth-order valence-corrected chi connectivity index (χ4v) is 16.5. The van der Waals surface area contributed by atoms with Crippen LogP contribution in [0.2, 0.25) is 0 Å². The van der Waals surface area contributed by atoms with Gasteiger partial charge in [0.2, 0.25) is 43.2 Å². The summed E-state index contributed by atoms with van der Waals surface area (Å²) in [6.45, 7) is 14.0. The van der Waals surface area contributed by atoms with E-state index in [0.717, 1.165) is 60.3 Å². The Hall–Kier alpha value is -18.6. The van der Waals surface area contributed by atoms with Crippen LogP contribution in [-0.4, -0.2) is 211 Å². The van der Waals surface area contributed by atoms with Crippen LogP contribution in [0.5, 0.6) is 0 Å². The number of imidazole rings is 5. The van der Waals surface area contributed by atoms with Gasteiger partial charge >= 0.3 is 0 Å². The number of hydrogen-bond donors (Lipinski definition) is 13. The van der Waals surface area contributed by atoms with Crippen molar-refractivity contribution in [1.82, 2.24) is 81.5 Å². The van der Waals surface area contributed by atoms with E-state index in [1.165, 1.54) is 24.3 Å². The van der Waals surface area contributed by atoms with Crippen molar-refractivity contribution in [3.63, 3.8) is 0 Å². The minimum absolute atomic E-state index is 0.00443. The minimum atomic E-state index is -0.277. The second kappa shape index (κ2) is 46.9. The van der Waals surface area contributed by atoms with Crippen LogP contribution in [0.25, 0.3) is 27.6 Å². The molecule has 44 nitrogen and oxygen atoms in total. The van der Waals surface area contributed by atoms with Gasteiger partial charge in [0.1, 0.15) is 159 Å². The van der Waals surface area contributed by atoms with Crippen molar-refractivity contribution in [3.05, 3.63) is 332 Å². The molecule has 1 fully saturated rings. The number of aliphatic hydroxyl groups excluding tert-OH is 2. The lowest BCUT2D eigenvalue weighted by Crippen LogP contribution is -2.31. The number of aliphatic imine (C=N–C) groups is 5. The van der Waals surface area contributed by atoms with Gasteiger partial charge in [0.15, 0.2) is 40.7 Å². The molecule has 149 heavy (non-hydrogen) atoms. The van der Waals surface area contributed by atoms with Gasteiger partial charge in [-0.3, -0.25) is 24.6 Å². The van der Waals surface area contributed by atoms with Gasteiger partial charge < -0.3 is 74.1 Å². The summed E-state index contributed by atoms with van der Waals surface area (Å²) < 4.78 is 40.4. The monoisotopic (exact) mass is 2030 g/mol. The lowest BCUT2D eigenvalue weighted by atomic mass is 10.0. The molecule has 45 heteroatoms. The number of fused-ring (bicyclic) bond motifs is 6. The number of halogens is 1. The molecule has 0 unspecified atom stereocenters. The third-order valence-electron chi connectivity index (χ3n) is 23.8. The number of hydrogen-bond acceptors (Lipinski definition) is 29. The number of Topliss-reactive ketones (excluding diaryl/α,β-unsaturated/α-hetero) is 1. The Morgan fingerprint density at radius 1 is 0.409 bits per heavy atom. The molecule has 15 aromatic rings. The summed E-state index contributed by atoms with van der Waals surface area (Å²) in [4.78, 5) is 72.3. The molecule has 6 aliphatic rings. The number of aliphatic hydroxyl groups is 2. The summed E-state index contributed by atoms with van der Waals surface area (Å²) >= 11 is 6.10. The normalized spacial score (nSPS) is 15.9. The molecular formula is C104H116ClN36O8+5. The maximum Gasteiger partial charge on any atom is 0.243 e. The number of rotatable bonds is 31. The van der Waals surface area contributed by atoms with Gasteiger partial charge in [-0.15, -0.1) is 25.5 Å². The SMILES string of the molecule is CC1=CC(=Nc2c(NCCn3cc[n+](C)c3)nn3ccccc23)C(N)=C(Cl)C1=O.CC1=CC(=Nc2c(NCCn3cc[n+](C)c3)nn3ccccc23)C(N)=CC1=O.CC1=CC(=Nc2c(NCCn3cc[n+](C)c3)nn3ccccc23)C(NCCO)=CC1=O.C[n+]1ccn(CCNc2nn3ccccc3c2N=C2C=C(OCCO)C(N)=CC2=N)c1.C[n+]1ccn(CCNc2nn3ccccc3c2N=C2C=C3OCCNC3=CC2=O)c1. The number of ether oxygens (including phenoxy) is 2. The number of nitrogens with zero attached hydrogens (tertiary/aromatic N) is 25. The van der Waals surface area contributed by atoms with E-state index >= 15 is 0 Å². The predicted molar refractivity (Wildman–Crippen MR) is 567 cm³/mol. The largest absolute Gasteiger partial charge is 0.490 e. The number of carbonyl (C=O) groups excluding carboxylic acids is 4. The molecule has 0 saturated carbocycles. The van der Waals surface area contributed by atoms with E-state index in [-0.39, 0.29) is 59.4 Å². The average molecular weight is 2030 g/mol. The van der Waals surface area contributed by atoms with Crippen molar-refractivity contribution < 1.29 is 61.7 Å². The van der Waals surface area contributed by atoms with Gasteiger partial charge in [-0.2, -0.15) is 0 Å². The highest BCUT2D eigenvalue weighted by atomic mass is 35.5. The number of nitrogens with one attached hydrogen (secondary N) is 8. The molecule has 16 heterocycles. The van der Waals surface area contributed by atoms with E-state index < -0.39 is 0 Å². The number of pyridine rings is 5. The Kier molecular flexibility index (Phi) is 32.0. The molecule has 0 radical (unpaired) electrons. The first-order valence-electron chi connectivity index (χ1n) is 48.0. The Morgan fingerprint density at radius 2 is 0.772 bits per heavy atom. The smallest absolute Gasteiger partial charge is 0.243 e. The van der Waals surface area contributed by atoms with Crippen LogP contribution >= 0.6 is 11.6 Å². The minimum Gasteiger partial charge on any atom is -0.490 e. The number of aromatic nitrogens is 20. The first kappa shape index (κ1) is 102. The van der Waals surface area contributed by atoms with E-state index in [9.17, 15) is 24.3 Å². The Balaban J connectivity index is 0.000000127. The fourth-order valence-electron chi connectivity index (χ4n) is 16.3. The molecule has 0 atom stereocenters. The van der Waals surface area contributed by atoms with Gasteiger partial charge in [0.25, 0.3) is 0 Å². The molecule has 5 aliphatic carbocycles. The Morgan fingerprint density at radius 3 is 1.15 bits per heavy atom. The highest BCUT2D eigenvalue weighted by molar-refractivity contribution is 6.51. The topological polar surface area (TPSA) is 506 Å². The van der Waals surface area contributed by atoms with Crippen molar-refractivity contribution in [1.29, 1.82) is 5.41 Å². The summed E-state index contributed by atoms with van der Waals surface area (Å²) in [5.74, 6) is 3.66. The van der Waals surface area contributed by atoms with E-state index in [2.05, 4.69) is 90.5 Å². The van der Waals surface area contributed by atoms with Gasteiger partial charge in [0, 0.05) is 80.0 Å². The second-order valence-corrected chi connectivity index (χ2v) is 35.6. The van der Waals surface area contributed by atoms with Gasteiger partial charge in [0.05, 0.1) is 166 Å². The molecule has 15 aromatic heterocycles. The molecule has 0 amide bonds. The molecular weight excluding hydrogens is 1920 g/mol. The van der Waals surface area contributed by atoms with Crippen LogP contribution in [0, 0.1) is 5.41 Å². The van der Waals surface area contributed by atoms with Crippen LogP contribution in [0.3, 0.4) is 0 Å². The van der Waals surface area contributed by atoms with Crippen molar-refractivity contribution in [2.45, 2.75) is 53.5 Å². The predicted octanol–water partition coefficient (Wildman–Crippen LogP) is 6.77. The van der Waals surface area contributed by atoms with E-state index in [0.29, 0.717) is 190 Å². The lowest BCUT2D eigenvalue weighted by Gasteiger charge is -2.23. The molecule has 1 saturated heterocycles. The van der Waals surface area contributed by atoms with Gasteiger partial charge in [-0.25, -0.2) is 93.2 Å².